The molecule has 0 N–H and O–H groups in total. The molecular formula is C23H24N4O2. The van der Waals surface area contributed by atoms with Gasteiger partial charge in [0, 0.05) is 22.6 Å². The Labute approximate surface area is 170 Å². The molecule has 0 fully saturated rings. The van der Waals surface area contributed by atoms with Crippen molar-refractivity contribution < 1.29 is 4.79 Å². The second-order valence-corrected chi connectivity index (χ2v) is 7.47. The summed E-state index contributed by atoms with van der Waals surface area (Å²) in [6, 6.07) is 9.95. The van der Waals surface area contributed by atoms with E-state index in [9.17, 15) is 14.9 Å². The lowest BCUT2D eigenvalue weighted by atomic mass is 10.1. The van der Waals surface area contributed by atoms with Crippen molar-refractivity contribution in [2.24, 2.45) is 0 Å². The van der Waals surface area contributed by atoms with Crippen LogP contribution in [0.25, 0.3) is 5.69 Å². The highest BCUT2D eigenvalue weighted by Gasteiger charge is 2.20. The van der Waals surface area contributed by atoms with Crippen LogP contribution in [0.2, 0.25) is 0 Å². The minimum absolute atomic E-state index is 0.0332. The zero-order valence-corrected chi connectivity index (χ0v) is 17.6. The predicted octanol–water partition coefficient (Wildman–Crippen LogP) is 3.64. The van der Waals surface area contributed by atoms with E-state index in [2.05, 4.69) is 31.1 Å². The normalized spacial score (nSPS) is 10.8. The Morgan fingerprint density at radius 2 is 1.76 bits per heavy atom. The van der Waals surface area contributed by atoms with Gasteiger partial charge in [-0.2, -0.15) is 10.4 Å². The molecule has 0 radical (unpaired) electrons. The molecule has 6 heteroatoms. The third-order valence-electron chi connectivity index (χ3n) is 5.52. The molecular weight excluding hydrogens is 364 g/mol. The third-order valence-corrected chi connectivity index (χ3v) is 5.52. The van der Waals surface area contributed by atoms with E-state index in [0.717, 1.165) is 21.8 Å². The van der Waals surface area contributed by atoms with Crippen molar-refractivity contribution in [3.05, 3.63) is 79.5 Å². The van der Waals surface area contributed by atoms with Crippen LogP contribution in [0, 0.1) is 52.9 Å². The molecule has 0 saturated carbocycles. The Hall–Kier alpha value is -3.46. The molecule has 0 saturated heterocycles. The second-order valence-electron chi connectivity index (χ2n) is 7.47. The van der Waals surface area contributed by atoms with E-state index in [1.54, 1.807) is 13.8 Å². The van der Waals surface area contributed by atoms with Crippen molar-refractivity contribution in [3.8, 4) is 11.8 Å². The fourth-order valence-corrected chi connectivity index (χ4v) is 3.54. The zero-order chi connectivity index (χ0) is 21.5. The molecule has 0 aliphatic heterocycles. The summed E-state index contributed by atoms with van der Waals surface area (Å²) in [6.07, 6.45) is 0. The number of rotatable bonds is 4. The number of hydrogen-bond acceptors (Lipinski definition) is 4. The smallest absolute Gasteiger partial charge is 0.285 e. The third kappa shape index (κ3) is 3.52. The topological polar surface area (TPSA) is 80.7 Å². The maximum atomic E-state index is 13.0. The number of carbonyl (C=O) groups is 1. The number of Topliss-reactive ketones (excluding diaryl/α,β-unsaturated/α-hetero) is 1. The minimum Gasteiger partial charge on any atom is -0.318 e. The number of benzene rings is 1. The molecule has 29 heavy (non-hydrogen) atoms. The van der Waals surface area contributed by atoms with Crippen LogP contribution in [0.15, 0.2) is 29.1 Å². The molecule has 2 heterocycles. The van der Waals surface area contributed by atoms with Crippen molar-refractivity contribution in [3.63, 3.8) is 0 Å². The molecule has 6 nitrogen and oxygen atoms in total. The molecule has 0 bridgehead atoms. The van der Waals surface area contributed by atoms with Gasteiger partial charge in [0.2, 0.25) is 0 Å². The monoisotopic (exact) mass is 388 g/mol. The summed E-state index contributed by atoms with van der Waals surface area (Å²) in [6.45, 7) is 11.2. The summed E-state index contributed by atoms with van der Waals surface area (Å²) in [5.41, 5.74) is 6.29. The van der Waals surface area contributed by atoms with Crippen LogP contribution in [0.1, 0.15) is 49.7 Å². The first kappa shape index (κ1) is 20.3. The Morgan fingerprint density at radius 3 is 2.38 bits per heavy atom. The van der Waals surface area contributed by atoms with Crippen molar-refractivity contribution in [1.29, 1.82) is 5.26 Å². The summed E-state index contributed by atoms with van der Waals surface area (Å²) in [5, 5.41) is 13.5. The van der Waals surface area contributed by atoms with Crippen LogP contribution in [-0.2, 0) is 6.54 Å². The van der Waals surface area contributed by atoms with Crippen molar-refractivity contribution in [1.82, 2.24) is 14.3 Å². The van der Waals surface area contributed by atoms with E-state index in [-0.39, 0.29) is 17.9 Å². The highest BCUT2D eigenvalue weighted by molar-refractivity contribution is 5.97. The van der Waals surface area contributed by atoms with E-state index in [0.29, 0.717) is 16.8 Å². The molecule has 2 aromatic heterocycles. The number of hydrogen-bond donors (Lipinski definition) is 0. The summed E-state index contributed by atoms with van der Waals surface area (Å²) in [4.78, 5) is 25.5. The number of ketones is 1. The van der Waals surface area contributed by atoms with Gasteiger partial charge in [-0.1, -0.05) is 6.07 Å². The molecule has 0 amide bonds. The van der Waals surface area contributed by atoms with E-state index in [4.69, 9.17) is 0 Å². The molecule has 0 aliphatic carbocycles. The Morgan fingerprint density at radius 1 is 1.07 bits per heavy atom. The van der Waals surface area contributed by atoms with Gasteiger partial charge in [-0.3, -0.25) is 9.59 Å². The summed E-state index contributed by atoms with van der Waals surface area (Å²) in [7, 11) is 0. The zero-order valence-electron chi connectivity index (χ0n) is 17.6. The molecule has 0 spiro atoms. The first-order valence-corrected chi connectivity index (χ1v) is 9.44. The van der Waals surface area contributed by atoms with Gasteiger partial charge in [0.1, 0.15) is 18.2 Å². The molecule has 0 atom stereocenters. The number of aromatic nitrogens is 3. The molecule has 148 valence electrons. The predicted molar refractivity (Wildman–Crippen MR) is 112 cm³/mol. The molecule has 1 aromatic carbocycles. The fourth-order valence-electron chi connectivity index (χ4n) is 3.54. The summed E-state index contributed by atoms with van der Waals surface area (Å²) in [5.74, 6) is -0.213. The maximum absolute atomic E-state index is 13.0. The van der Waals surface area contributed by atoms with E-state index >= 15 is 0 Å². The Kier molecular flexibility index (Phi) is 5.25. The van der Waals surface area contributed by atoms with Gasteiger partial charge < -0.3 is 4.57 Å². The lowest BCUT2D eigenvalue weighted by molar-refractivity contribution is 0.0965. The number of aryl methyl sites for hydroxylation is 4. The maximum Gasteiger partial charge on any atom is 0.285 e. The van der Waals surface area contributed by atoms with Crippen LogP contribution in [0.4, 0.5) is 0 Å². The van der Waals surface area contributed by atoms with Gasteiger partial charge >= 0.3 is 0 Å². The van der Waals surface area contributed by atoms with Gasteiger partial charge in [0.15, 0.2) is 5.78 Å². The number of carbonyl (C=O) groups excluding carboxylic acids is 1. The van der Waals surface area contributed by atoms with Crippen LogP contribution < -0.4 is 5.56 Å². The van der Waals surface area contributed by atoms with Gasteiger partial charge in [-0.25, -0.2) is 4.68 Å². The average Bonchev–Trinajstić information content (AvgIpc) is 2.97. The molecule has 0 aliphatic rings. The van der Waals surface area contributed by atoms with Crippen LogP contribution >= 0.6 is 0 Å². The number of nitriles is 1. The standard InChI is InChI=1S/C23H24N4O2/c1-13-7-8-19(9-14(13)2)27-15(3)10-20(18(27)6)22(28)12-26-23(29)21(11-24)16(4)17(5)25-26/h7-10H,12H2,1-6H3. The quantitative estimate of drug-likeness (QED) is 0.639. The van der Waals surface area contributed by atoms with Gasteiger partial charge in [-0.05, 0) is 76.4 Å². The first-order chi connectivity index (χ1) is 13.6. The van der Waals surface area contributed by atoms with E-state index in [1.807, 2.05) is 36.6 Å². The Balaban J connectivity index is 2.02. The second kappa shape index (κ2) is 7.51. The van der Waals surface area contributed by atoms with Gasteiger partial charge in [0.05, 0.1) is 5.69 Å². The molecule has 0 unspecified atom stereocenters. The highest BCUT2D eigenvalue weighted by atomic mass is 16.1. The fraction of sp³-hybridized carbons (Fsp3) is 0.304. The summed E-state index contributed by atoms with van der Waals surface area (Å²) < 4.78 is 3.13. The van der Waals surface area contributed by atoms with Crippen molar-refractivity contribution in [2.45, 2.75) is 48.1 Å². The molecule has 3 rings (SSSR count). The number of nitrogens with zero attached hydrogens (tertiary/aromatic N) is 4. The average molecular weight is 388 g/mol. The summed E-state index contributed by atoms with van der Waals surface area (Å²) >= 11 is 0. The van der Waals surface area contributed by atoms with Gasteiger partial charge in [-0.15, -0.1) is 0 Å². The van der Waals surface area contributed by atoms with Crippen molar-refractivity contribution >= 4 is 5.78 Å². The van der Waals surface area contributed by atoms with Crippen molar-refractivity contribution in [2.75, 3.05) is 0 Å². The van der Waals surface area contributed by atoms with Crippen LogP contribution in [0.3, 0.4) is 0 Å². The highest BCUT2D eigenvalue weighted by Crippen LogP contribution is 2.23. The minimum atomic E-state index is -0.535. The Bertz CT molecular complexity index is 1240. The largest absolute Gasteiger partial charge is 0.318 e. The SMILES string of the molecule is Cc1ccc(-n2c(C)cc(C(=O)Cn3nc(C)c(C)c(C#N)c3=O)c2C)cc1C. The lowest BCUT2D eigenvalue weighted by Gasteiger charge is -2.12. The first-order valence-electron chi connectivity index (χ1n) is 9.44. The molecule has 3 aromatic rings. The van der Waals surface area contributed by atoms with E-state index < -0.39 is 5.56 Å². The van der Waals surface area contributed by atoms with Crippen LogP contribution in [0.5, 0.6) is 0 Å². The van der Waals surface area contributed by atoms with Gasteiger partial charge in [0.25, 0.3) is 5.56 Å². The lowest BCUT2D eigenvalue weighted by Crippen LogP contribution is -2.30. The van der Waals surface area contributed by atoms with E-state index in [1.165, 1.54) is 11.1 Å². The van der Waals surface area contributed by atoms with Crippen LogP contribution in [-0.4, -0.2) is 20.1 Å².